The van der Waals surface area contributed by atoms with Crippen molar-refractivity contribution in [3.05, 3.63) is 72.3 Å². The minimum atomic E-state index is -4.75. The van der Waals surface area contributed by atoms with Crippen LogP contribution >= 0.6 is 0 Å². The number of hydrogen-bond donors (Lipinski definition) is 1. The van der Waals surface area contributed by atoms with Crippen LogP contribution in [0.1, 0.15) is 5.56 Å². The van der Waals surface area contributed by atoms with E-state index < -0.39 is 50.7 Å². The van der Waals surface area contributed by atoms with Gasteiger partial charge in [0.2, 0.25) is 15.9 Å². The Kier molecular flexibility index (Phi) is 6.75. The lowest BCUT2D eigenvalue weighted by Gasteiger charge is -2.21. The Hall–Kier alpha value is -2.79. The number of alkyl halides is 3. The average molecular weight is 434 g/mol. The van der Waals surface area contributed by atoms with Gasteiger partial charge in [0.1, 0.15) is 0 Å². The van der Waals surface area contributed by atoms with Gasteiger partial charge in [0.05, 0.1) is 17.0 Å². The van der Waals surface area contributed by atoms with Gasteiger partial charge in [-0.1, -0.05) is 12.1 Å². The Balaban J connectivity index is 2.26. The maximum atomic E-state index is 13.2. The SMILES string of the molecule is C=CCN(CC(=O)Nc1ccc(F)c(F)c1)S(=O)(=O)c1cccc(C(F)(F)F)c1. The fraction of sp³-hybridized carbons (Fsp3) is 0.167. The van der Waals surface area contributed by atoms with E-state index in [2.05, 4.69) is 11.9 Å². The van der Waals surface area contributed by atoms with Gasteiger partial charge in [-0.25, -0.2) is 17.2 Å². The monoisotopic (exact) mass is 434 g/mol. The Bertz CT molecular complexity index is 1020. The smallest absolute Gasteiger partial charge is 0.325 e. The number of amides is 1. The lowest BCUT2D eigenvalue weighted by molar-refractivity contribution is -0.137. The Morgan fingerprint density at radius 2 is 1.79 bits per heavy atom. The summed E-state index contributed by atoms with van der Waals surface area (Å²) >= 11 is 0. The Labute approximate surface area is 163 Å². The zero-order valence-corrected chi connectivity index (χ0v) is 15.5. The molecular weight excluding hydrogens is 419 g/mol. The van der Waals surface area contributed by atoms with Crippen LogP contribution in [-0.2, 0) is 21.0 Å². The molecule has 1 amide bonds. The molecule has 0 bridgehead atoms. The lowest BCUT2D eigenvalue weighted by atomic mass is 10.2. The van der Waals surface area contributed by atoms with Crippen LogP contribution in [0.5, 0.6) is 0 Å². The van der Waals surface area contributed by atoms with Crippen LogP contribution in [0.2, 0.25) is 0 Å². The minimum absolute atomic E-state index is 0.121. The van der Waals surface area contributed by atoms with Crippen molar-refractivity contribution in [1.29, 1.82) is 0 Å². The molecule has 156 valence electrons. The van der Waals surface area contributed by atoms with Crippen molar-refractivity contribution in [3.8, 4) is 0 Å². The van der Waals surface area contributed by atoms with Crippen LogP contribution in [0.4, 0.5) is 27.6 Å². The van der Waals surface area contributed by atoms with Crippen molar-refractivity contribution in [3.63, 3.8) is 0 Å². The van der Waals surface area contributed by atoms with E-state index in [1.165, 1.54) is 0 Å². The number of benzene rings is 2. The second-order valence-electron chi connectivity index (χ2n) is 5.79. The Morgan fingerprint density at radius 1 is 1.10 bits per heavy atom. The molecule has 0 radical (unpaired) electrons. The number of halogens is 5. The van der Waals surface area contributed by atoms with Crippen molar-refractivity contribution in [2.75, 3.05) is 18.4 Å². The molecule has 2 aromatic carbocycles. The van der Waals surface area contributed by atoms with Crippen LogP contribution in [-0.4, -0.2) is 31.7 Å². The largest absolute Gasteiger partial charge is 0.416 e. The van der Waals surface area contributed by atoms with Crippen molar-refractivity contribution in [2.24, 2.45) is 0 Å². The van der Waals surface area contributed by atoms with Gasteiger partial charge in [-0.2, -0.15) is 17.5 Å². The summed E-state index contributed by atoms with van der Waals surface area (Å²) in [6, 6.07) is 5.61. The first-order valence-electron chi connectivity index (χ1n) is 7.98. The van der Waals surface area contributed by atoms with Crippen LogP contribution < -0.4 is 5.32 Å². The van der Waals surface area contributed by atoms with Gasteiger partial charge in [0, 0.05) is 18.3 Å². The van der Waals surface area contributed by atoms with Crippen molar-refractivity contribution in [2.45, 2.75) is 11.1 Å². The molecule has 11 heteroatoms. The van der Waals surface area contributed by atoms with E-state index in [1.807, 2.05) is 0 Å². The van der Waals surface area contributed by atoms with Gasteiger partial charge in [0.25, 0.3) is 0 Å². The molecule has 0 aliphatic carbocycles. The lowest BCUT2D eigenvalue weighted by Crippen LogP contribution is -2.38. The highest BCUT2D eigenvalue weighted by atomic mass is 32.2. The minimum Gasteiger partial charge on any atom is -0.325 e. The molecule has 2 rings (SSSR count). The number of carbonyl (C=O) groups is 1. The number of carbonyl (C=O) groups excluding carboxylic acids is 1. The highest BCUT2D eigenvalue weighted by molar-refractivity contribution is 7.89. The molecule has 0 saturated carbocycles. The zero-order valence-electron chi connectivity index (χ0n) is 14.7. The van der Waals surface area contributed by atoms with Gasteiger partial charge in [0.15, 0.2) is 11.6 Å². The molecule has 0 unspecified atom stereocenters. The summed E-state index contributed by atoms with van der Waals surface area (Å²) in [6.45, 7) is 2.21. The first-order chi connectivity index (χ1) is 13.4. The summed E-state index contributed by atoms with van der Waals surface area (Å²) in [5, 5.41) is 2.19. The molecular formula is C18H15F5N2O3S. The second-order valence-corrected chi connectivity index (χ2v) is 7.73. The summed E-state index contributed by atoms with van der Waals surface area (Å²) in [7, 11) is -4.48. The molecule has 0 aliphatic rings. The first-order valence-corrected chi connectivity index (χ1v) is 9.42. The zero-order chi connectivity index (χ0) is 21.8. The molecule has 0 heterocycles. The van der Waals surface area contributed by atoms with Gasteiger partial charge in [-0.05, 0) is 30.3 Å². The fourth-order valence-corrected chi connectivity index (χ4v) is 3.72. The molecule has 2 aromatic rings. The summed E-state index contributed by atoms with van der Waals surface area (Å²) in [5.41, 5.74) is -1.28. The maximum absolute atomic E-state index is 13.2. The van der Waals surface area contributed by atoms with Crippen LogP contribution in [0, 0.1) is 11.6 Å². The van der Waals surface area contributed by atoms with E-state index in [4.69, 9.17) is 0 Å². The van der Waals surface area contributed by atoms with Crippen LogP contribution in [0.15, 0.2) is 60.0 Å². The highest BCUT2D eigenvalue weighted by Gasteiger charge is 2.33. The second kappa shape index (κ2) is 8.70. The van der Waals surface area contributed by atoms with Gasteiger partial charge in [-0.15, -0.1) is 6.58 Å². The van der Waals surface area contributed by atoms with E-state index in [0.717, 1.165) is 30.3 Å². The molecule has 5 nitrogen and oxygen atoms in total. The number of anilines is 1. The molecule has 0 fully saturated rings. The van der Waals surface area contributed by atoms with Gasteiger partial charge < -0.3 is 5.32 Å². The number of rotatable bonds is 7. The van der Waals surface area contributed by atoms with E-state index in [-0.39, 0.29) is 12.2 Å². The third kappa shape index (κ3) is 5.61. The number of hydrogen-bond acceptors (Lipinski definition) is 3. The topological polar surface area (TPSA) is 66.5 Å². The van der Waals surface area contributed by atoms with Crippen LogP contribution in [0.3, 0.4) is 0 Å². The summed E-state index contributed by atoms with van der Waals surface area (Å²) in [6.07, 6.45) is -3.60. The molecule has 29 heavy (non-hydrogen) atoms. The summed E-state index contributed by atoms with van der Waals surface area (Å²) < 4.78 is 90.8. The predicted octanol–water partition coefficient (Wildman–Crippen LogP) is 3.80. The Morgan fingerprint density at radius 3 is 2.38 bits per heavy atom. The summed E-state index contributed by atoms with van der Waals surface area (Å²) in [4.78, 5) is 11.5. The van der Waals surface area contributed by atoms with Crippen LogP contribution in [0.25, 0.3) is 0 Å². The summed E-state index contributed by atoms with van der Waals surface area (Å²) in [5.74, 6) is -3.26. The third-order valence-corrected chi connectivity index (χ3v) is 5.46. The van der Waals surface area contributed by atoms with Crippen molar-refractivity contribution in [1.82, 2.24) is 4.31 Å². The van der Waals surface area contributed by atoms with E-state index in [0.29, 0.717) is 22.5 Å². The van der Waals surface area contributed by atoms with Crippen molar-refractivity contribution >= 4 is 21.6 Å². The molecule has 0 saturated heterocycles. The molecule has 1 N–H and O–H groups in total. The number of nitrogens with zero attached hydrogens (tertiary/aromatic N) is 1. The highest BCUT2D eigenvalue weighted by Crippen LogP contribution is 2.31. The predicted molar refractivity (Wildman–Crippen MR) is 95.4 cm³/mol. The molecule has 0 atom stereocenters. The first kappa shape index (κ1) is 22.5. The average Bonchev–Trinajstić information content (AvgIpc) is 2.64. The van der Waals surface area contributed by atoms with Gasteiger partial charge in [-0.3, -0.25) is 4.79 Å². The normalized spacial score (nSPS) is 12.1. The van der Waals surface area contributed by atoms with E-state index in [9.17, 15) is 35.2 Å². The number of nitrogens with one attached hydrogen (secondary N) is 1. The molecule has 0 spiro atoms. The van der Waals surface area contributed by atoms with Gasteiger partial charge >= 0.3 is 6.18 Å². The van der Waals surface area contributed by atoms with E-state index >= 15 is 0 Å². The molecule has 0 aliphatic heterocycles. The quantitative estimate of drug-likeness (QED) is 0.533. The van der Waals surface area contributed by atoms with E-state index in [1.54, 1.807) is 0 Å². The van der Waals surface area contributed by atoms with Crippen molar-refractivity contribution < 1.29 is 35.2 Å². The molecule has 0 aromatic heterocycles. The third-order valence-electron chi connectivity index (χ3n) is 3.66. The fourth-order valence-electron chi connectivity index (χ4n) is 2.31. The maximum Gasteiger partial charge on any atom is 0.416 e. The number of sulfonamides is 1. The standard InChI is InChI=1S/C18H15F5N2O3S/c1-2-8-25(11-17(26)24-13-6-7-15(19)16(20)10-13)29(27,28)14-5-3-4-12(9-14)18(21,22)23/h2-7,9-10H,1,8,11H2,(H,24,26).